The summed E-state index contributed by atoms with van der Waals surface area (Å²) in [5, 5.41) is 12.7. The zero-order valence-electron chi connectivity index (χ0n) is 14.9. The van der Waals surface area contributed by atoms with Crippen LogP contribution < -0.4 is 5.32 Å². The van der Waals surface area contributed by atoms with Crippen LogP contribution in [0.1, 0.15) is 5.56 Å². The van der Waals surface area contributed by atoms with Gasteiger partial charge in [0.25, 0.3) is 0 Å². The number of rotatable bonds is 7. The maximum absolute atomic E-state index is 12.2. The third-order valence-corrected chi connectivity index (χ3v) is 5.02. The van der Waals surface area contributed by atoms with Gasteiger partial charge in [-0.2, -0.15) is 0 Å². The minimum absolute atomic E-state index is 0.118. The van der Waals surface area contributed by atoms with Crippen molar-refractivity contribution in [3.63, 3.8) is 0 Å². The van der Waals surface area contributed by atoms with Crippen molar-refractivity contribution in [3.8, 4) is 11.4 Å². The summed E-state index contributed by atoms with van der Waals surface area (Å²) in [5.41, 5.74) is 2.87. The molecule has 0 saturated carbocycles. The van der Waals surface area contributed by atoms with Crippen LogP contribution >= 0.6 is 23.4 Å². The molecule has 0 spiro atoms. The lowest BCUT2D eigenvalue weighted by Gasteiger charge is -2.08. The Morgan fingerprint density at radius 2 is 1.89 bits per heavy atom. The Balaban J connectivity index is 1.70. The number of carbonyl (C=O) groups is 1. The fourth-order valence-electron chi connectivity index (χ4n) is 2.47. The van der Waals surface area contributed by atoms with Crippen molar-refractivity contribution in [2.24, 2.45) is 0 Å². The molecule has 3 aromatic rings. The van der Waals surface area contributed by atoms with E-state index in [1.807, 2.05) is 35.8 Å². The van der Waals surface area contributed by atoms with Crippen LogP contribution in [0.15, 0.2) is 66.3 Å². The zero-order chi connectivity index (χ0) is 19.2. The van der Waals surface area contributed by atoms with E-state index in [2.05, 4.69) is 22.1 Å². The van der Waals surface area contributed by atoms with Gasteiger partial charge < -0.3 is 5.32 Å². The summed E-state index contributed by atoms with van der Waals surface area (Å²) in [4.78, 5) is 12.2. The highest BCUT2D eigenvalue weighted by atomic mass is 35.5. The summed E-state index contributed by atoms with van der Waals surface area (Å²) in [6, 6.07) is 15.1. The van der Waals surface area contributed by atoms with Crippen molar-refractivity contribution >= 4 is 35.0 Å². The second kappa shape index (κ2) is 8.88. The van der Waals surface area contributed by atoms with Crippen molar-refractivity contribution in [1.29, 1.82) is 0 Å². The van der Waals surface area contributed by atoms with E-state index in [0.717, 1.165) is 11.4 Å². The van der Waals surface area contributed by atoms with Crippen molar-refractivity contribution in [3.05, 3.63) is 71.8 Å². The van der Waals surface area contributed by atoms with Crippen molar-refractivity contribution in [2.45, 2.75) is 18.6 Å². The molecule has 0 fully saturated rings. The average molecular weight is 399 g/mol. The number of allylic oxidation sites excluding steroid dienone is 1. The molecule has 0 aliphatic carbocycles. The van der Waals surface area contributed by atoms with Gasteiger partial charge in [0.2, 0.25) is 5.91 Å². The molecule has 0 unspecified atom stereocenters. The molecule has 0 aliphatic rings. The molecule has 3 rings (SSSR count). The summed E-state index contributed by atoms with van der Waals surface area (Å²) < 4.78 is 1.96. The van der Waals surface area contributed by atoms with Crippen LogP contribution in [0.3, 0.4) is 0 Å². The number of anilines is 1. The highest BCUT2D eigenvalue weighted by Crippen LogP contribution is 2.24. The largest absolute Gasteiger partial charge is 0.325 e. The van der Waals surface area contributed by atoms with Gasteiger partial charge in [0, 0.05) is 22.8 Å². The summed E-state index contributed by atoms with van der Waals surface area (Å²) in [7, 11) is 0. The first-order chi connectivity index (χ1) is 13.1. The predicted molar refractivity (Wildman–Crippen MR) is 111 cm³/mol. The third kappa shape index (κ3) is 4.99. The summed E-state index contributed by atoms with van der Waals surface area (Å²) >= 11 is 7.19. The van der Waals surface area contributed by atoms with E-state index >= 15 is 0 Å². The summed E-state index contributed by atoms with van der Waals surface area (Å²) in [6.07, 6.45) is 1.79. The molecule has 0 aliphatic heterocycles. The van der Waals surface area contributed by atoms with Gasteiger partial charge >= 0.3 is 0 Å². The van der Waals surface area contributed by atoms with Gasteiger partial charge in [-0.15, -0.1) is 16.8 Å². The fourth-order valence-corrected chi connectivity index (χ4v) is 3.34. The SMILES string of the molecule is C=CCn1c(SCC(=O)Nc2ccc(Cl)cc2)nnc1-c1ccc(C)cc1. The number of benzene rings is 2. The van der Waals surface area contributed by atoms with Crippen LogP contribution in [-0.2, 0) is 11.3 Å². The molecule has 1 heterocycles. The first-order valence-electron chi connectivity index (χ1n) is 8.36. The third-order valence-electron chi connectivity index (χ3n) is 3.80. The molecule has 138 valence electrons. The summed E-state index contributed by atoms with van der Waals surface area (Å²) in [6.45, 7) is 6.42. The second-order valence-corrected chi connectivity index (χ2v) is 7.29. The molecule has 7 heteroatoms. The number of carbonyl (C=O) groups excluding carboxylic acids is 1. The minimum atomic E-state index is -0.118. The molecule has 2 aromatic carbocycles. The topological polar surface area (TPSA) is 59.8 Å². The molecule has 1 amide bonds. The molecule has 0 atom stereocenters. The molecule has 1 N–H and O–H groups in total. The fraction of sp³-hybridized carbons (Fsp3) is 0.150. The normalized spacial score (nSPS) is 10.6. The Hall–Kier alpha value is -2.57. The predicted octanol–water partition coefficient (Wildman–Crippen LogP) is 4.82. The maximum Gasteiger partial charge on any atom is 0.234 e. The van der Waals surface area contributed by atoms with E-state index in [1.54, 1.807) is 30.3 Å². The number of amides is 1. The van der Waals surface area contributed by atoms with E-state index in [0.29, 0.717) is 22.4 Å². The number of nitrogens with one attached hydrogen (secondary N) is 1. The van der Waals surface area contributed by atoms with Gasteiger partial charge in [-0.05, 0) is 31.2 Å². The van der Waals surface area contributed by atoms with Gasteiger partial charge in [-0.1, -0.05) is 59.3 Å². The molecule has 1 aromatic heterocycles. The number of hydrogen-bond acceptors (Lipinski definition) is 4. The molecular formula is C20H19ClN4OS. The number of nitrogens with zero attached hydrogens (tertiary/aromatic N) is 3. The lowest BCUT2D eigenvalue weighted by atomic mass is 10.1. The molecule has 0 bridgehead atoms. The maximum atomic E-state index is 12.2. The highest BCUT2D eigenvalue weighted by Gasteiger charge is 2.15. The zero-order valence-corrected chi connectivity index (χ0v) is 16.4. The smallest absolute Gasteiger partial charge is 0.234 e. The number of hydrogen-bond donors (Lipinski definition) is 1. The van der Waals surface area contributed by atoms with Gasteiger partial charge in [0.05, 0.1) is 5.75 Å². The lowest BCUT2D eigenvalue weighted by Crippen LogP contribution is -2.14. The molecule has 27 heavy (non-hydrogen) atoms. The van der Waals surface area contributed by atoms with E-state index in [4.69, 9.17) is 11.6 Å². The first-order valence-corrected chi connectivity index (χ1v) is 9.72. The van der Waals surface area contributed by atoms with E-state index in [-0.39, 0.29) is 11.7 Å². The van der Waals surface area contributed by atoms with Gasteiger partial charge in [-0.3, -0.25) is 9.36 Å². The van der Waals surface area contributed by atoms with E-state index < -0.39 is 0 Å². The summed E-state index contributed by atoms with van der Waals surface area (Å²) in [5.74, 6) is 0.870. The second-order valence-electron chi connectivity index (χ2n) is 5.92. The minimum Gasteiger partial charge on any atom is -0.325 e. The van der Waals surface area contributed by atoms with E-state index in [1.165, 1.54) is 17.3 Å². The molecule has 5 nitrogen and oxygen atoms in total. The van der Waals surface area contributed by atoms with Crippen molar-refractivity contribution in [1.82, 2.24) is 14.8 Å². The quantitative estimate of drug-likeness (QED) is 0.457. The Labute approximate surface area is 167 Å². The van der Waals surface area contributed by atoms with Gasteiger partial charge in [-0.25, -0.2) is 0 Å². The van der Waals surface area contributed by atoms with Crippen LogP contribution in [0.5, 0.6) is 0 Å². The van der Waals surface area contributed by atoms with Crippen LogP contribution in [0.4, 0.5) is 5.69 Å². The van der Waals surface area contributed by atoms with Crippen LogP contribution in [0.25, 0.3) is 11.4 Å². The van der Waals surface area contributed by atoms with Crippen LogP contribution in [0.2, 0.25) is 5.02 Å². The van der Waals surface area contributed by atoms with Crippen molar-refractivity contribution < 1.29 is 4.79 Å². The van der Waals surface area contributed by atoms with Gasteiger partial charge in [0.15, 0.2) is 11.0 Å². The first kappa shape index (κ1) is 19.2. The Morgan fingerprint density at radius 1 is 1.19 bits per heavy atom. The highest BCUT2D eigenvalue weighted by molar-refractivity contribution is 7.99. The monoisotopic (exact) mass is 398 g/mol. The van der Waals surface area contributed by atoms with Crippen LogP contribution in [-0.4, -0.2) is 26.4 Å². The van der Waals surface area contributed by atoms with E-state index in [9.17, 15) is 4.79 Å². The Bertz CT molecular complexity index is 936. The average Bonchev–Trinajstić information content (AvgIpc) is 3.06. The number of halogens is 1. The number of thioether (sulfide) groups is 1. The number of aryl methyl sites for hydroxylation is 1. The number of aromatic nitrogens is 3. The van der Waals surface area contributed by atoms with Gasteiger partial charge in [0.1, 0.15) is 0 Å². The standard InChI is InChI=1S/C20H19ClN4OS/c1-3-12-25-19(15-6-4-14(2)5-7-15)23-24-20(25)27-13-18(26)22-17-10-8-16(21)9-11-17/h3-11H,1,12-13H2,2H3,(H,22,26). The molecular weight excluding hydrogens is 380 g/mol. The Kier molecular flexibility index (Phi) is 6.32. The molecule has 0 radical (unpaired) electrons. The van der Waals surface area contributed by atoms with Crippen LogP contribution in [0, 0.1) is 6.92 Å². The van der Waals surface area contributed by atoms with Crippen molar-refractivity contribution in [2.75, 3.05) is 11.1 Å². The Morgan fingerprint density at radius 3 is 2.56 bits per heavy atom. The lowest BCUT2D eigenvalue weighted by molar-refractivity contribution is -0.113. The molecule has 0 saturated heterocycles.